The number of fused-ring (bicyclic) bond motifs is 3. The van der Waals surface area contributed by atoms with Crippen molar-refractivity contribution in [3.8, 4) is 0 Å². The van der Waals surface area contributed by atoms with Crippen molar-refractivity contribution < 1.29 is 9.90 Å². The first-order chi connectivity index (χ1) is 9.69. The molecule has 0 aliphatic carbocycles. The molecule has 2 N–H and O–H groups in total. The molecule has 1 unspecified atom stereocenters. The molecule has 1 amide bonds. The van der Waals surface area contributed by atoms with Crippen LogP contribution in [0.3, 0.4) is 0 Å². The summed E-state index contributed by atoms with van der Waals surface area (Å²) in [6, 6.07) is 1.95. The second kappa shape index (κ2) is 5.51. The lowest BCUT2D eigenvalue weighted by molar-refractivity contribution is 0.0940. The summed E-state index contributed by atoms with van der Waals surface area (Å²) < 4.78 is 2.00. The van der Waals surface area contributed by atoms with Gasteiger partial charge in [0, 0.05) is 24.2 Å². The van der Waals surface area contributed by atoms with Crippen molar-refractivity contribution in [1.82, 2.24) is 14.7 Å². The molecular formula is C13H15N3O2S2. The Morgan fingerprint density at radius 3 is 3.25 bits per heavy atom. The van der Waals surface area contributed by atoms with Crippen molar-refractivity contribution in [3.05, 3.63) is 22.5 Å². The Morgan fingerprint density at radius 2 is 2.45 bits per heavy atom. The highest BCUT2D eigenvalue weighted by molar-refractivity contribution is 7.21. The van der Waals surface area contributed by atoms with Crippen LogP contribution in [-0.2, 0) is 0 Å². The van der Waals surface area contributed by atoms with Crippen LogP contribution in [0.2, 0.25) is 0 Å². The maximum Gasteiger partial charge on any atom is 0.261 e. The van der Waals surface area contributed by atoms with E-state index < -0.39 is 0 Å². The van der Waals surface area contributed by atoms with Gasteiger partial charge in [-0.05, 0) is 25.8 Å². The zero-order chi connectivity index (χ0) is 14.1. The van der Waals surface area contributed by atoms with Crippen LogP contribution in [0, 0.1) is 0 Å². The molecule has 0 spiro atoms. The van der Waals surface area contributed by atoms with E-state index in [9.17, 15) is 4.79 Å². The molecule has 3 heterocycles. The molecule has 3 rings (SSSR count). The number of nitrogens with zero attached hydrogens (tertiary/aromatic N) is 2. The van der Waals surface area contributed by atoms with E-state index in [0.717, 1.165) is 21.7 Å². The molecule has 0 aliphatic heterocycles. The Hall–Kier alpha value is -1.44. The number of hydrogen-bond donors (Lipinski definition) is 2. The third-order valence-corrected chi connectivity index (χ3v) is 4.91. The lowest BCUT2D eigenvalue weighted by atomic mass is 10.2. The maximum atomic E-state index is 12.2. The molecule has 5 nitrogen and oxygen atoms in total. The summed E-state index contributed by atoms with van der Waals surface area (Å²) >= 11 is 3.00. The topological polar surface area (TPSA) is 66.6 Å². The van der Waals surface area contributed by atoms with Crippen molar-refractivity contribution in [3.63, 3.8) is 0 Å². The molecular weight excluding hydrogens is 294 g/mol. The van der Waals surface area contributed by atoms with E-state index in [4.69, 9.17) is 5.11 Å². The van der Waals surface area contributed by atoms with E-state index >= 15 is 0 Å². The molecule has 7 heteroatoms. The Labute approximate surface area is 123 Å². The van der Waals surface area contributed by atoms with E-state index in [-0.39, 0.29) is 18.6 Å². The molecule has 1 atom stereocenters. The minimum absolute atomic E-state index is 0.0629. The van der Waals surface area contributed by atoms with Gasteiger partial charge in [-0.25, -0.2) is 4.98 Å². The number of thiophene rings is 1. The van der Waals surface area contributed by atoms with Crippen LogP contribution < -0.4 is 5.32 Å². The number of nitrogens with one attached hydrogen (secondary N) is 1. The molecule has 0 bridgehead atoms. The molecule has 0 saturated heterocycles. The first kappa shape index (κ1) is 13.5. The quantitative estimate of drug-likeness (QED) is 0.761. The first-order valence-electron chi connectivity index (χ1n) is 6.46. The summed E-state index contributed by atoms with van der Waals surface area (Å²) in [7, 11) is 0. The lowest BCUT2D eigenvalue weighted by Crippen LogP contribution is -2.32. The van der Waals surface area contributed by atoms with Gasteiger partial charge in [-0.1, -0.05) is 0 Å². The standard InChI is InChI=1S/C13H15N3O2S2/c1-8(3-2-5-17)14-11(18)10-7-9-12(20-10)15-13-16(9)4-6-19-13/h4,6-8,17H,2-3,5H2,1H3,(H,14,18). The van der Waals surface area contributed by atoms with Crippen molar-refractivity contribution in [2.24, 2.45) is 0 Å². The van der Waals surface area contributed by atoms with Gasteiger partial charge in [-0.3, -0.25) is 9.20 Å². The second-order valence-electron chi connectivity index (χ2n) is 4.71. The number of amides is 1. The monoisotopic (exact) mass is 309 g/mol. The van der Waals surface area contributed by atoms with Gasteiger partial charge in [0.15, 0.2) is 4.96 Å². The van der Waals surface area contributed by atoms with Gasteiger partial charge in [0.25, 0.3) is 5.91 Å². The van der Waals surface area contributed by atoms with E-state index in [1.807, 2.05) is 29.0 Å². The second-order valence-corrected chi connectivity index (χ2v) is 6.61. The van der Waals surface area contributed by atoms with Crippen LogP contribution in [0.15, 0.2) is 17.6 Å². The summed E-state index contributed by atoms with van der Waals surface area (Å²) in [4.78, 5) is 19.2. The largest absolute Gasteiger partial charge is 0.396 e. The number of aromatic nitrogens is 2. The molecule has 0 radical (unpaired) electrons. The minimum Gasteiger partial charge on any atom is -0.396 e. The van der Waals surface area contributed by atoms with Crippen molar-refractivity contribution in [2.75, 3.05) is 6.61 Å². The number of carbonyl (C=O) groups excluding carboxylic acids is 1. The summed E-state index contributed by atoms with van der Waals surface area (Å²) in [6.07, 6.45) is 3.45. The third-order valence-electron chi connectivity index (χ3n) is 3.14. The molecule has 20 heavy (non-hydrogen) atoms. The number of thiazole rings is 1. The number of rotatable bonds is 5. The fourth-order valence-corrected chi connectivity index (χ4v) is 3.83. The van der Waals surface area contributed by atoms with Gasteiger partial charge in [-0.2, -0.15) is 0 Å². The summed E-state index contributed by atoms with van der Waals surface area (Å²) in [5.41, 5.74) is 0.986. The van der Waals surface area contributed by atoms with Crippen LogP contribution in [0.1, 0.15) is 29.4 Å². The highest BCUT2D eigenvalue weighted by Gasteiger charge is 2.16. The third kappa shape index (κ3) is 2.44. The number of aliphatic hydroxyl groups is 1. The van der Waals surface area contributed by atoms with Gasteiger partial charge in [0.2, 0.25) is 0 Å². The number of hydrogen-bond acceptors (Lipinski definition) is 5. The molecule has 0 saturated carbocycles. The smallest absolute Gasteiger partial charge is 0.261 e. The highest BCUT2D eigenvalue weighted by Crippen LogP contribution is 2.28. The number of imidazole rings is 1. The van der Waals surface area contributed by atoms with E-state index in [1.165, 1.54) is 11.3 Å². The van der Waals surface area contributed by atoms with Gasteiger partial charge >= 0.3 is 0 Å². The normalized spacial score (nSPS) is 13.1. The molecule has 0 aliphatic rings. The average Bonchev–Trinajstić information content (AvgIpc) is 3.06. The highest BCUT2D eigenvalue weighted by atomic mass is 32.1. The zero-order valence-corrected chi connectivity index (χ0v) is 12.6. The van der Waals surface area contributed by atoms with Crippen LogP contribution in [0.5, 0.6) is 0 Å². The Balaban J connectivity index is 1.79. The summed E-state index contributed by atoms with van der Waals surface area (Å²) in [5, 5.41) is 13.7. The summed E-state index contributed by atoms with van der Waals surface area (Å²) in [6.45, 7) is 2.11. The molecule has 106 valence electrons. The summed E-state index contributed by atoms with van der Waals surface area (Å²) in [5.74, 6) is -0.0672. The zero-order valence-electron chi connectivity index (χ0n) is 11.0. The minimum atomic E-state index is -0.0672. The SMILES string of the molecule is CC(CCCO)NC(=O)c1cc2c(nc3sccn32)s1. The van der Waals surface area contributed by atoms with E-state index in [0.29, 0.717) is 11.3 Å². The van der Waals surface area contributed by atoms with E-state index in [2.05, 4.69) is 10.3 Å². The maximum absolute atomic E-state index is 12.2. The fraction of sp³-hybridized carbons (Fsp3) is 0.385. The van der Waals surface area contributed by atoms with Crippen LogP contribution >= 0.6 is 22.7 Å². The Kier molecular flexibility index (Phi) is 3.73. The average molecular weight is 309 g/mol. The predicted molar refractivity (Wildman–Crippen MR) is 81.7 cm³/mol. The predicted octanol–water partition coefficient (Wildman–Crippen LogP) is 2.50. The van der Waals surface area contributed by atoms with Crippen LogP contribution in [0.25, 0.3) is 15.3 Å². The van der Waals surface area contributed by atoms with Gasteiger partial charge in [0.05, 0.1) is 10.4 Å². The number of carbonyl (C=O) groups is 1. The molecule has 0 aromatic carbocycles. The number of aliphatic hydroxyl groups excluding tert-OH is 1. The molecule has 0 fully saturated rings. The van der Waals surface area contributed by atoms with Gasteiger partial charge in [-0.15, -0.1) is 22.7 Å². The molecule has 3 aromatic heterocycles. The Morgan fingerprint density at radius 1 is 1.60 bits per heavy atom. The fourth-order valence-electron chi connectivity index (χ4n) is 2.12. The van der Waals surface area contributed by atoms with Crippen LogP contribution in [-0.4, -0.2) is 33.0 Å². The first-order valence-corrected chi connectivity index (χ1v) is 8.15. The van der Waals surface area contributed by atoms with E-state index in [1.54, 1.807) is 11.3 Å². The van der Waals surface area contributed by atoms with Gasteiger partial charge < -0.3 is 10.4 Å². The van der Waals surface area contributed by atoms with Gasteiger partial charge in [0.1, 0.15) is 4.83 Å². The van der Waals surface area contributed by atoms with Crippen molar-refractivity contribution in [1.29, 1.82) is 0 Å². The Bertz CT molecular complexity index is 743. The molecule has 3 aromatic rings. The lowest BCUT2D eigenvalue weighted by Gasteiger charge is -2.11. The van der Waals surface area contributed by atoms with Crippen molar-refractivity contribution >= 4 is 43.9 Å². The van der Waals surface area contributed by atoms with Crippen molar-refractivity contribution in [2.45, 2.75) is 25.8 Å². The van der Waals surface area contributed by atoms with Crippen LogP contribution in [0.4, 0.5) is 0 Å².